The monoisotopic (exact) mass is 490 g/mol. The predicted molar refractivity (Wildman–Crippen MR) is 130 cm³/mol. The van der Waals surface area contributed by atoms with Crippen molar-refractivity contribution >= 4 is 29.4 Å². The van der Waals surface area contributed by atoms with Crippen LogP contribution in [0.15, 0.2) is 40.8 Å². The number of methoxy groups -OCH3 is 1. The minimum atomic E-state index is -0.760. The fourth-order valence-electron chi connectivity index (χ4n) is 5.10. The van der Waals surface area contributed by atoms with Gasteiger partial charge >= 0.3 is 6.09 Å². The Hall–Kier alpha value is -2.07. The first kappa shape index (κ1) is 25.0. The van der Waals surface area contributed by atoms with Crippen molar-refractivity contribution < 1.29 is 28.5 Å². The molecule has 2 amide bonds. The van der Waals surface area contributed by atoms with E-state index in [1.165, 1.54) is 17.3 Å². The highest BCUT2D eigenvalue weighted by Crippen LogP contribution is 2.59. The predicted octanol–water partition coefficient (Wildman–Crippen LogP) is 3.69. The van der Waals surface area contributed by atoms with Crippen molar-refractivity contribution in [3.63, 3.8) is 0 Å². The Morgan fingerprint density at radius 3 is 2.62 bits per heavy atom. The van der Waals surface area contributed by atoms with Crippen molar-refractivity contribution in [2.45, 2.75) is 74.4 Å². The third kappa shape index (κ3) is 5.43. The summed E-state index contributed by atoms with van der Waals surface area (Å²) in [5.41, 5.74) is 6.88. The van der Waals surface area contributed by atoms with Gasteiger partial charge in [-0.2, -0.15) is 0 Å². The summed E-state index contributed by atoms with van der Waals surface area (Å²) in [7, 11) is 1.62. The minimum Gasteiger partial charge on any atom is -0.443 e. The van der Waals surface area contributed by atoms with Crippen molar-refractivity contribution in [1.29, 1.82) is 0 Å². The van der Waals surface area contributed by atoms with E-state index in [4.69, 9.17) is 24.7 Å². The molecule has 1 spiro atoms. The maximum absolute atomic E-state index is 12.5. The molecular formula is C25H34N2O6S. The van der Waals surface area contributed by atoms with Gasteiger partial charge in [-0.25, -0.2) is 4.79 Å². The van der Waals surface area contributed by atoms with Gasteiger partial charge in [0.1, 0.15) is 23.4 Å². The number of epoxide rings is 2. The quantitative estimate of drug-likeness (QED) is 0.245. The molecular weight excluding hydrogens is 456 g/mol. The topological polar surface area (TPSA) is 116 Å². The van der Waals surface area contributed by atoms with Crippen LogP contribution in [0.5, 0.6) is 0 Å². The van der Waals surface area contributed by atoms with Crippen molar-refractivity contribution in [1.82, 2.24) is 5.32 Å². The van der Waals surface area contributed by atoms with Crippen molar-refractivity contribution in [3.8, 4) is 0 Å². The molecule has 6 atom stereocenters. The lowest BCUT2D eigenvalue weighted by Gasteiger charge is -2.42. The van der Waals surface area contributed by atoms with Crippen LogP contribution in [0, 0.1) is 5.92 Å². The molecule has 9 heteroatoms. The standard InChI is InChI=1S/C25H34N2O6S/c1-15(2)5-10-19-24(3,33-19)22-21(30-4)18(11-12-25(22)14-31-25)32-23(29)27-20(28)13-34-17-8-6-16(26)7-9-17/h5-9,18-19,21-22H,10-14,26H2,1-4H3,(H,27,28,29)/t18-,19-,21-,22-,24-,25+/m1/s1. The molecule has 3 fully saturated rings. The van der Waals surface area contributed by atoms with E-state index in [9.17, 15) is 9.59 Å². The normalized spacial score (nSPS) is 33.8. The van der Waals surface area contributed by atoms with Crippen LogP contribution in [-0.4, -0.2) is 61.0 Å². The summed E-state index contributed by atoms with van der Waals surface area (Å²) in [4.78, 5) is 25.7. The summed E-state index contributed by atoms with van der Waals surface area (Å²) >= 11 is 1.32. The van der Waals surface area contributed by atoms with E-state index in [0.717, 1.165) is 17.7 Å². The molecule has 186 valence electrons. The Bertz CT molecular complexity index is 943. The number of benzene rings is 1. The lowest BCUT2D eigenvalue weighted by molar-refractivity contribution is -0.124. The van der Waals surface area contributed by atoms with Crippen LogP contribution >= 0.6 is 11.8 Å². The second-order valence-electron chi connectivity index (χ2n) is 9.73. The van der Waals surface area contributed by atoms with Gasteiger partial charge in [-0.1, -0.05) is 11.6 Å². The highest BCUT2D eigenvalue weighted by molar-refractivity contribution is 8.00. The van der Waals surface area contributed by atoms with Crippen molar-refractivity contribution in [2.24, 2.45) is 5.92 Å². The van der Waals surface area contributed by atoms with Crippen molar-refractivity contribution in [2.75, 3.05) is 25.2 Å². The Morgan fingerprint density at radius 2 is 2.00 bits per heavy atom. The number of imide groups is 1. The molecule has 3 aliphatic rings. The minimum absolute atomic E-state index is 0.0658. The summed E-state index contributed by atoms with van der Waals surface area (Å²) in [5.74, 6) is -0.395. The van der Waals surface area contributed by atoms with Gasteiger partial charge in [-0.15, -0.1) is 11.8 Å². The summed E-state index contributed by atoms with van der Waals surface area (Å²) < 4.78 is 23.7. The average molecular weight is 491 g/mol. The molecule has 1 aromatic rings. The Kier molecular flexibility index (Phi) is 7.28. The van der Waals surface area contributed by atoms with E-state index in [1.807, 2.05) is 12.1 Å². The van der Waals surface area contributed by atoms with Gasteiger partial charge in [0, 0.05) is 17.7 Å². The maximum Gasteiger partial charge on any atom is 0.414 e. The fraction of sp³-hybridized carbons (Fsp3) is 0.600. The number of thioether (sulfide) groups is 1. The fourth-order valence-corrected chi connectivity index (χ4v) is 5.80. The molecule has 0 unspecified atom stereocenters. The number of alkyl carbamates (subject to hydrolysis) is 1. The summed E-state index contributed by atoms with van der Waals surface area (Å²) in [6.07, 6.45) is 2.80. The molecule has 1 aromatic carbocycles. The number of hydrogen-bond acceptors (Lipinski definition) is 8. The van der Waals surface area contributed by atoms with Crippen molar-refractivity contribution in [3.05, 3.63) is 35.9 Å². The van der Waals surface area contributed by atoms with Gasteiger partial charge in [0.05, 0.1) is 24.4 Å². The Labute approximate surface area is 204 Å². The summed E-state index contributed by atoms with van der Waals surface area (Å²) in [5, 5.41) is 2.33. The van der Waals surface area contributed by atoms with Crippen LogP contribution in [0.25, 0.3) is 0 Å². The molecule has 1 saturated carbocycles. The number of hydrogen-bond donors (Lipinski definition) is 2. The molecule has 2 saturated heterocycles. The number of anilines is 1. The highest BCUT2D eigenvalue weighted by atomic mass is 32.2. The molecule has 2 heterocycles. The number of ether oxygens (including phenoxy) is 4. The number of nitrogens with one attached hydrogen (secondary N) is 1. The highest BCUT2D eigenvalue weighted by Gasteiger charge is 2.72. The lowest BCUT2D eigenvalue weighted by Crippen LogP contribution is -2.56. The molecule has 4 rings (SSSR count). The molecule has 34 heavy (non-hydrogen) atoms. The molecule has 0 bridgehead atoms. The number of allylic oxidation sites excluding steroid dienone is 1. The molecule has 2 aliphatic heterocycles. The van der Waals surface area contributed by atoms with Crippen LogP contribution in [-0.2, 0) is 23.7 Å². The summed E-state index contributed by atoms with van der Waals surface area (Å²) in [6, 6.07) is 7.20. The number of rotatable bonds is 8. The number of amides is 2. The SMILES string of the molecule is CO[C@@H]1[C@H](OC(=O)NC(=O)CSc2ccc(N)cc2)CC[C@]2(CO2)[C@H]1[C@]1(C)O[C@@H]1CC=C(C)C. The lowest BCUT2D eigenvalue weighted by atomic mass is 9.68. The van der Waals surface area contributed by atoms with Crippen LogP contribution in [0.3, 0.4) is 0 Å². The van der Waals surface area contributed by atoms with Gasteiger partial charge in [-0.3, -0.25) is 10.1 Å². The molecule has 0 radical (unpaired) electrons. The van der Waals surface area contributed by atoms with E-state index in [-0.39, 0.29) is 29.5 Å². The molecule has 1 aliphatic carbocycles. The smallest absolute Gasteiger partial charge is 0.414 e. The maximum atomic E-state index is 12.5. The average Bonchev–Trinajstić information content (AvgIpc) is 3.70. The third-order valence-corrected chi connectivity index (χ3v) is 8.00. The molecule has 0 aromatic heterocycles. The number of carbonyl (C=O) groups excluding carboxylic acids is 2. The van der Waals surface area contributed by atoms with Crippen LogP contribution in [0.2, 0.25) is 0 Å². The Balaban J connectivity index is 1.34. The number of nitrogen functional groups attached to an aromatic ring is 1. The van der Waals surface area contributed by atoms with Gasteiger partial charge in [0.15, 0.2) is 0 Å². The molecule has 8 nitrogen and oxygen atoms in total. The van der Waals surface area contributed by atoms with Gasteiger partial charge in [0.2, 0.25) is 5.91 Å². The van der Waals surface area contributed by atoms with Crippen LogP contribution in [0.4, 0.5) is 10.5 Å². The Morgan fingerprint density at radius 1 is 1.29 bits per heavy atom. The van der Waals surface area contributed by atoms with E-state index < -0.39 is 23.7 Å². The first-order valence-corrected chi connectivity index (χ1v) is 12.6. The second-order valence-corrected chi connectivity index (χ2v) is 10.8. The first-order chi connectivity index (χ1) is 16.2. The first-order valence-electron chi connectivity index (χ1n) is 11.6. The largest absolute Gasteiger partial charge is 0.443 e. The van der Waals surface area contributed by atoms with E-state index in [1.54, 1.807) is 19.2 Å². The number of carbonyl (C=O) groups is 2. The summed E-state index contributed by atoms with van der Waals surface area (Å²) in [6.45, 7) is 6.90. The van der Waals surface area contributed by atoms with Crippen LogP contribution < -0.4 is 11.1 Å². The van der Waals surface area contributed by atoms with E-state index >= 15 is 0 Å². The van der Waals surface area contributed by atoms with Gasteiger partial charge in [0.25, 0.3) is 0 Å². The zero-order chi connectivity index (χ0) is 24.5. The van der Waals surface area contributed by atoms with Gasteiger partial charge in [-0.05, 0) is 64.3 Å². The zero-order valence-electron chi connectivity index (χ0n) is 20.2. The van der Waals surface area contributed by atoms with E-state index in [0.29, 0.717) is 18.7 Å². The molecule has 3 N–H and O–H groups in total. The third-order valence-electron chi connectivity index (χ3n) is 6.99. The van der Waals surface area contributed by atoms with Crippen LogP contribution in [0.1, 0.15) is 40.0 Å². The second kappa shape index (κ2) is 9.89. The zero-order valence-corrected chi connectivity index (χ0v) is 21.0. The van der Waals surface area contributed by atoms with Gasteiger partial charge < -0.3 is 24.7 Å². The van der Waals surface area contributed by atoms with E-state index in [2.05, 4.69) is 32.2 Å². The number of nitrogens with two attached hydrogens (primary N) is 1.